The van der Waals surface area contributed by atoms with Gasteiger partial charge in [0.1, 0.15) is 0 Å². The number of carbonyl (C=O) groups is 2. The second-order valence-electron chi connectivity index (χ2n) is 3.03. The van der Waals surface area contributed by atoms with Gasteiger partial charge >= 0.3 is 0 Å². The van der Waals surface area contributed by atoms with Crippen molar-refractivity contribution in [1.82, 2.24) is 10.2 Å². The van der Waals surface area contributed by atoms with Crippen molar-refractivity contribution in [2.24, 2.45) is 0 Å². The number of hydrogen-bond acceptors (Lipinski definition) is 2. The molecule has 0 aliphatic rings. The van der Waals surface area contributed by atoms with Crippen LogP contribution < -0.4 is 5.32 Å². The Morgan fingerprint density at radius 3 is 2.57 bits per heavy atom. The van der Waals surface area contributed by atoms with E-state index < -0.39 is 0 Å². The van der Waals surface area contributed by atoms with Crippen LogP contribution in [0.5, 0.6) is 0 Å². The summed E-state index contributed by atoms with van der Waals surface area (Å²) in [7, 11) is 0. The van der Waals surface area contributed by atoms with E-state index in [0.29, 0.717) is 13.1 Å². The summed E-state index contributed by atoms with van der Waals surface area (Å²) in [6.07, 6.45) is 2.46. The van der Waals surface area contributed by atoms with Crippen LogP contribution in [0.3, 0.4) is 0 Å². The van der Waals surface area contributed by atoms with E-state index in [-0.39, 0.29) is 18.4 Å². The van der Waals surface area contributed by atoms with Crippen molar-refractivity contribution in [2.75, 3.05) is 19.6 Å². The van der Waals surface area contributed by atoms with Crippen LogP contribution in [0.25, 0.3) is 0 Å². The summed E-state index contributed by atoms with van der Waals surface area (Å²) in [5.74, 6) is -0.214. The second-order valence-corrected chi connectivity index (χ2v) is 3.03. The normalized spacial score (nSPS) is 9.29. The molecule has 1 N–H and O–H groups in total. The number of hydrogen-bond donors (Lipinski definition) is 1. The third-order valence-electron chi connectivity index (χ3n) is 1.72. The Labute approximate surface area is 85.0 Å². The first-order valence-corrected chi connectivity index (χ1v) is 4.75. The molecule has 0 aromatic rings. The van der Waals surface area contributed by atoms with Crippen LogP contribution in [0.1, 0.15) is 20.3 Å². The van der Waals surface area contributed by atoms with E-state index in [1.165, 1.54) is 11.8 Å². The molecule has 0 unspecified atom stereocenters. The van der Waals surface area contributed by atoms with E-state index in [0.717, 1.165) is 6.42 Å². The first-order valence-electron chi connectivity index (χ1n) is 4.75. The van der Waals surface area contributed by atoms with Crippen LogP contribution in [0.2, 0.25) is 0 Å². The maximum Gasteiger partial charge on any atom is 0.239 e. The Morgan fingerprint density at radius 1 is 1.50 bits per heavy atom. The number of nitrogens with one attached hydrogen (secondary N) is 1. The van der Waals surface area contributed by atoms with E-state index >= 15 is 0 Å². The third kappa shape index (κ3) is 5.35. The van der Waals surface area contributed by atoms with Crippen molar-refractivity contribution < 1.29 is 9.59 Å². The average Bonchev–Trinajstić information content (AvgIpc) is 2.14. The predicted molar refractivity (Wildman–Crippen MR) is 55.8 cm³/mol. The summed E-state index contributed by atoms with van der Waals surface area (Å²) in [6, 6.07) is 0. The lowest BCUT2D eigenvalue weighted by Gasteiger charge is -2.19. The average molecular weight is 198 g/mol. The van der Waals surface area contributed by atoms with Gasteiger partial charge in [-0.25, -0.2) is 0 Å². The third-order valence-corrected chi connectivity index (χ3v) is 1.72. The van der Waals surface area contributed by atoms with Gasteiger partial charge in [-0.3, -0.25) is 9.59 Å². The fourth-order valence-corrected chi connectivity index (χ4v) is 1.03. The fraction of sp³-hybridized carbons (Fsp3) is 0.600. The maximum atomic E-state index is 11.2. The van der Waals surface area contributed by atoms with Gasteiger partial charge in [0.05, 0.1) is 6.54 Å². The first kappa shape index (κ1) is 12.7. The Kier molecular flexibility index (Phi) is 6.45. The highest BCUT2D eigenvalue weighted by molar-refractivity contribution is 5.83. The standard InChI is InChI=1S/C10H18N2O2/c1-4-6-11-10(14)8-12(7-5-2)9(3)13/h4H,1,5-8H2,2-3H3,(H,11,14). The Hall–Kier alpha value is -1.32. The maximum absolute atomic E-state index is 11.2. The summed E-state index contributed by atoms with van der Waals surface area (Å²) in [6.45, 7) is 8.13. The van der Waals surface area contributed by atoms with Gasteiger partial charge in [0.25, 0.3) is 0 Å². The minimum atomic E-state index is -0.145. The number of carbonyl (C=O) groups excluding carboxylic acids is 2. The molecule has 0 rings (SSSR count). The zero-order valence-electron chi connectivity index (χ0n) is 8.88. The van der Waals surface area contributed by atoms with Crippen molar-refractivity contribution in [1.29, 1.82) is 0 Å². The molecule has 0 heterocycles. The summed E-state index contributed by atoms with van der Waals surface area (Å²) in [5.41, 5.74) is 0. The molecular weight excluding hydrogens is 180 g/mol. The zero-order valence-corrected chi connectivity index (χ0v) is 8.88. The molecule has 0 aliphatic heterocycles. The predicted octanol–water partition coefficient (Wildman–Crippen LogP) is 0.547. The van der Waals surface area contributed by atoms with E-state index in [9.17, 15) is 9.59 Å². The summed E-state index contributed by atoms with van der Waals surface area (Å²) >= 11 is 0. The van der Waals surface area contributed by atoms with E-state index in [4.69, 9.17) is 0 Å². The van der Waals surface area contributed by atoms with Crippen molar-refractivity contribution >= 4 is 11.8 Å². The van der Waals surface area contributed by atoms with Gasteiger partial charge < -0.3 is 10.2 Å². The molecule has 0 radical (unpaired) electrons. The molecule has 0 aromatic heterocycles. The monoisotopic (exact) mass is 198 g/mol. The minimum absolute atomic E-state index is 0.0689. The van der Waals surface area contributed by atoms with E-state index in [1.807, 2.05) is 6.92 Å². The van der Waals surface area contributed by atoms with Crippen LogP contribution in [-0.2, 0) is 9.59 Å². The van der Waals surface area contributed by atoms with Crippen LogP contribution in [0, 0.1) is 0 Å². The molecule has 2 amide bonds. The van der Waals surface area contributed by atoms with E-state index in [1.54, 1.807) is 6.08 Å². The Morgan fingerprint density at radius 2 is 2.14 bits per heavy atom. The molecule has 0 fully saturated rings. The molecule has 0 aliphatic carbocycles. The van der Waals surface area contributed by atoms with Gasteiger partial charge in [0.2, 0.25) is 11.8 Å². The van der Waals surface area contributed by atoms with Crippen molar-refractivity contribution in [3.05, 3.63) is 12.7 Å². The fourth-order valence-electron chi connectivity index (χ4n) is 1.03. The van der Waals surface area contributed by atoms with Gasteiger partial charge in [-0.05, 0) is 6.42 Å². The Balaban J connectivity index is 3.95. The highest BCUT2D eigenvalue weighted by Gasteiger charge is 2.11. The van der Waals surface area contributed by atoms with E-state index in [2.05, 4.69) is 11.9 Å². The van der Waals surface area contributed by atoms with Gasteiger partial charge in [0.15, 0.2) is 0 Å². The number of amides is 2. The smallest absolute Gasteiger partial charge is 0.239 e. The summed E-state index contributed by atoms with van der Waals surface area (Å²) in [5, 5.41) is 2.63. The quantitative estimate of drug-likeness (QED) is 0.633. The lowest BCUT2D eigenvalue weighted by molar-refractivity contribution is -0.134. The molecule has 0 saturated heterocycles. The van der Waals surface area contributed by atoms with Gasteiger partial charge in [0, 0.05) is 20.0 Å². The molecule has 4 heteroatoms. The van der Waals surface area contributed by atoms with Crippen LogP contribution in [0.4, 0.5) is 0 Å². The van der Waals surface area contributed by atoms with Crippen molar-refractivity contribution in [3.8, 4) is 0 Å². The molecule has 0 bridgehead atoms. The zero-order chi connectivity index (χ0) is 11.0. The lowest BCUT2D eigenvalue weighted by atomic mass is 10.4. The molecule has 4 nitrogen and oxygen atoms in total. The number of rotatable bonds is 6. The van der Waals surface area contributed by atoms with Crippen molar-refractivity contribution in [3.63, 3.8) is 0 Å². The number of nitrogens with zero attached hydrogens (tertiary/aromatic N) is 1. The Bertz CT molecular complexity index is 214. The minimum Gasteiger partial charge on any atom is -0.351 e. The van der Waals surface area contributed by atoms with Crippen molar-refractivity contribution in [2.45, 2.75) is 20.3 Å². The topological polar surface area (TPSA) is 49.4 Å². The van der Waals surface area contributed by atoms with Gasteiger partial charge in [-0.1, -0.05) is 13.0 Å². The van der Waals surface area contributed by atoms with Crippen LogP contribution in [0.15, 0.2) is 12.7 Å². The molecule has 0 aromatic carbocycles. The molecular formula is C10H18N2O2. The largest absolute Gasteiger partial charge is 0.351 e. The first-order chi connectivity index (χ1) is 6.61. The SMILES string of the molecule is C=CCNC(=O)CN(CCC)C(C)=O. The van der Waals surface area contributed by atoms with Crippen LogP contribution >= 0.6 is 0 Å². The van der Waals surface area contributed by atoms with Gasteiger partial charge in [-0.15, -0.1) is 6.58 Å². The molecule has 0 spiro atoms. The van der Waals surface area contributed by atoms with Gasteiger partial charge in [-0.2, -0.15) is 0 Å². The molecule has 0 atom stereocenters. The summed E-state index contributed by atoms with van der Waals surface area (Å²) in [4.78, 5) is 23.8. The lowest BCUT2D eigenvalue weighted by Crippen LogP contribution is -2.40. The molecule has 80 valence electrons. The second kappa shape index (κ2) is 7.12. The summed E-state index contributed by atoms with van der Waals surface area (Å²) < 4.78 is 0. The molecule has 14 heavy (non-hydrogen) atoms. The highest BCUT2D eigenvalue weighted by atomic mass is 16.2. The molecule has 0 saturated carbocycles. The highest BCUT2D eigenvalue weighted by Crippen LogP contribution is 1.91. The van der Waals surface area contributed by atoms with Crippen LogP contribution in [-0.4, -0.2) is 36.3 Å².